The molecule has 0 saturated carbocycles. The Hall–Kier alpha value is -1.79. The average molecular weight is 300 g/mol. The molecule has 0 aliphatic rings. The van der Waals surface area contributed by atoms with E-state index in [4.69, 9.17) is 0 Å². The third-order valence-electron chi connectivity index (χ3n) is 3.90. The lowest BCUT2D eigenvalue weighted by Gasteiger charge is -2.27. The number of rotatable bonds is 4. The van der Waals surface area contributed by atoms with Crippen LogP contribution in [0.2, 0.25) is 0 Å². The standard InChI is InChI=1S/C14H19F3N4/c1-8-9(2)21-12-10(8)11(19-7-20-12)18-6-5-13(3,4)14(15,16)17/h7H,5-6H2,1-4H3,(H2,18,19,20,21). The Morgan fingerprint density at radius 1 is 1.19 bits per heavy atom. The lowest BCUT2D eigenvalue weighted by molar-refractivity contribution is -0.212. The minimum absolute atomic E-state index is 0.0234. The van der Waals surface area contributed by atoms with Gasteiger partial charge in [-0.3, -0.25) is 0 Å². The summed E-state index contributed by atoms with van der Waals surface area (Å²) in [6.07, 6.45) is -2.84. The fraction of sp³-hybridized carbons (Fsp3) is 0.571. The number of nitrogens with one attached hydrogen (secondary N) is 2. The Morgan fingerprint density at radius 3 is 2.48 bits per heavy atom. The van der Waals surface area contributed by atoms with Crippen LogP contribution in [0.4, 0.5) is 19.0 Å². The molecule has 0 saturated heterocycles. The van der Waals surface area contributed by atoms with E-state index in [2.05, 4.69) is 20.3 Å². The molecule has 116 valence electrons. The molecule has 0 aliphatic heterocycles. The Morgan fingerprint density at radius 2 is 1.86 bits per heavy atom. The number of hydrogen-bond donors (Lipinski definition) is 2. The van der Waals surface area contributed by atoms with Crippen molar-refractivity contribution in [2.45, 2.75) is 40.3 Å². The summed E-state index contributed by atoms with van der Waals surface area (Å²) in [4.78, 5) is 11.4. The van der Waals surface area contributed by atoms with Gasteiger partial charge in [-0.1, -0.05) is 13.8 Å². The summed E-state index contributed by atoms with van der Waals surface area (Å²) in [5.41, 5.74) is 0.944. The summed E-state index contributed by atoms with van der Waals surface area (Å²) in [5.74, 6) is 0.569. The van der Waals surface area contributed by atoms with Crippen molar-refractivity contribution in [1.82, 2.24) is 15.0 Å². The van der Waals surface area contributed by atoms with Crippen molar-refractivity contribution in [3.63, 3.8) is 0 Å². The molecule has 2 heterocycles. The van der Waals surface area contributed by atoms with Crippen molar-refractivity contribution in [3.8, 4) is 0 Å². The lowest BCUT2D eigenvalue weighted by atomic mass is 9.88. The molecule has 4 nitrogen and oxygen atoms in total. The molecule has 0 aliphatic carbocycles. The molecule has 0 amide bonds. The normalized spacial score (nSPS) is 12.9. The van der Waals surface area contributed by atoms with Crippen LogP contribution in [0.15, 0.2) is 6.33 Å². The maximum Gasteiger partial charge on any atom is 0.394 e. The second-order valence-corrected chi connectivity index (χ2v) is 5.88. The van der Waals surface area contributed by atoms with Crippen molar-refractivity contribution >= 4 is 16.9 Å². The van der Waals surface area contributed by atoms with Crippen LogP contribution in [0.5, 0.6) is 0 Å². The van der Waals surface area contributed by atoms with Crippen LogP contribution in [0.25, 0.3) is 11.0 Å². The van der Waals surface area contributed by atoms with Gasteiger partial charge in [-0.2, -0.15) is 13.2 Å². The molecule has 2 aromatic rings. The summed E-state index contributed by atoms with van der Waals surface area (Å²) in [6.45, 7) is 6.46. The molecule has 0 fully saturated rings. The van der Waals surface area contributed by atoms with Crippen molar-refractivity contribution < 1.29 is 13.2 Å². The van der Waals surface area contributed by atoms with Crippen LogP contribution in [0.3, 0.4) is 0 Å². The fourth-order valence-electron chi connectivity index (χ4n) is 2.06. The second-order valence-electron chi connectivity index (χ2n) is 5.88. The van der Waals surface area contributed by atoms with Gasteiger partial charge in [0.1, 0.15) is 17.8 Å². The zero-order chi connectivity index (χ0) is 15.8. The number of hydrogen-bond acceptors (Lipinski definition) is 3. The number of alkyl halides is 3. The number of nitrogens with zero attached hydrogens (tertiary/aromatic N) is 2. The van der Waals surface area contributed by atoms with Crippen LogP contribution in [0.1, 0.15) is 31.5 Å². The second kappa shape index (κ2) is 5.20. The molecule has 2 rings (SSSR count). The van der Waals surface area contributed by atoms with Crippen LogP contribution >= 0.6 is 0 Å². The predicted molar refractivity (Wildman–Crippen MR) is 76.3 cm³/mol. The van der Waals surface area contributed by atoms with E-state index in [1.807, 2.05) is 13.8 Å². The molecule has 7 heteroatoms. The van der Waals surface area contributed by atoms with Crippen LogP contribution < -0.4 is 5.32 Å². The summed E-state index contributed by atoms with van der Waals surface area (Å²) in [5, 5.41) is 3.83. The first-order valence-corrected chi connectivity index (χ1v) is 6.74. The topological polar surface area (TPSA) is 53.6 Å². The molecule has 0 radical (unpaired) electrons. The quantitative estimate of drug-likeness (QED) is 0.898. The van der Waals surface area contributed by atoms with Gasteiger partial charge in [0.15, 0.2) is 0 Å². The van der Waals surface area contributed by atoms with Crippen molar-refractivity contribution in [1.29, 1.82) is 0 Å². The Kier molecular flexibility index (Phi) is 3.86. The third kappa shape index (κ3) is 2.96. The number of aromatic nitrogens is 3. The molecule has 0 unspecified atom stereocenters. The van der Waals surface area contributed by atoms with E-state index in [9.17, 15) is 13.2 Å². The zero-order valence-electron chi connectivity index (χ0n) is 12.5. The summed E-state index contributed by atoms with van der Waals surface area (Å²) in [6, 6.07) is 0. The molecule has 0 spiro atoms. The monoisotopic (exact) mass is 300 g/mol. The Labute approximate surface area is 121 Å². The largest absolute Gasteiger partial charge is 0.394 e. The highest BCUT2D eigenvalue weighted by Crippen LogP contribution is 2.40. The molecule has 2 aromatic heterocycles. The van der Waals surface area contributed by atoms with Gasteiger partial charge in [-0.15, -0.1) is 0 Å². The van der Waals surface area contributed by atoms with Gasteiger partial charge in [-0.05, 0) is 25.8 Å². The van der Waals surface area contributed by atoms with Crippen molar-refractivity contribution in [2.24, 2.45) is 5.41 Å². The molecule has 0 atom stereocenters. The van der Waals surface area contributed by atoms with Gasteiger partial charge in [0.25, 0.3) is 0 Å². The van der Waals surface area contributed by atoms with Crippen LogP contribution in [-0.2, 0) is 0 Å². The van der Waals surface area contributed by atoms with E-state index < -0.39 is 11.6 Å². The first-order valence-electron chi connectivity index (χ1n) is 6.74. The summed E-state index contributed by atoms with van der Waals surface area (Å²) in [7, 11) is 0. The van der Waals surface area contributed by atoms with E-state index in [0.29, 0.717) is 11.5 Å². The number of anilines is 1. The van der Waals surface area contributed by atoms with E-state index in [-0.39, 0.29) is 13.0 Å². The number of aryl methyl sites for hydroxylation is 2. The van der Waals surface area contributed by atoms with E-state index >= 15 is 0 Å². The van der Waals surface area contributed by atoms with Gasteiger partial charge in [0.2, 0.25) is 0 Å². The maximum atomic E-state index is 12.8. The lowest BCUT2D eigenvalue weighted by Crippen LogP contribution is -2.33. The number of halogens is 3. The number of aromatic amines is 1. The fourth-order valence-corrected chi connectivity index (χ4v) is 2.06. The highest BCUT2D eigenvalue weighted by Gasteiger charge is 2.46. The van der Waals surface area contributed by atoms with Gasteiger partial charge < -0.3 is 10.3 Å². The van der Waals surface area contributed by atoms with Gasteiger partial charge in [-0.25, -0.2) is 9.97 Å². The van der Waals surface area contributed by atoms with Crippen LogP contribution in [-0.4, -0.2) is 27.7 Å². The number of H-pyrrole nitrogens is 1. The van der Waals surface area contributed by atoms with Crippen molar-refractivity contribution in [3.05, 3.63) is 17.6 Å². The molecular weight excluding hydrogens is 281 g/mol. The third-order valence-corrected chi connectivity index (χ3v) is 3.90. The molecular formula is C14H19F3N4. The SMILES string of the molecule is Cc1[nH]c2ncnc(NCCC(C)(C)C(F)(F)F)c2c1C. The van der Waals surface area contributed by atoms with Crippen LogP contribution in [0, 0.1) is 19.3 Å². The summed E-state index contributed by atoms with van der Waals surface area (Å²) >= 11 is 0. The van der Waals surface area contributed by atoms with Gasteiger partial charge >= 0.3 is 6.18 Å². The highest BCUT2D eigenvalue weighted by atomic mass is 19.4. The number of fused-ring (bicyclic) bond motifs is 1. The van der Waals surface area contributed by atoms with E-state index in [1.165, 1.54) is 20.2 Å². The average Bonchev–Trinajstić information content (AvgIpc) is 2.64. The first-order chi connectivity index (χ1) is 9.63. The zero-order valence-corrected chi connectivity index (χ0v) is 12.5. The van der Waals surface area contributed by atoms with Crippen molar-refractivity contribution in [2.75, 3.05) is 11.9 Å². The minimum atomic E-state index is -4.21. The Balaban J connectivity index is 2.15. The summed E-state index contributed by atoms with van der Waals surface area (Å²) < 4.78 is 38.5. The van der Waals surface area contributed by atoms with E-state index in [1.54, 1.807) is 0 Å². The molecule has 0 bridgehead atoms. The van der Waals surface area contributed by atoms with Gasteiger partial charge in [0.05, 0.1) is 10.8 Å². The minimum Gasteiger partial charge on any atom is -0.369 e. The Bertz CT molecular complexity index is 643. The molecule has 21 heavy (non-hydrogen) atoms. The smallest absolute Gasteiger partial charge is 0.369 e. The highest BCUT2D eigenvalue weighted by molar-refractivity contribution is 5.91. The van der Waals surface area contributed by atoms with Gasteiger partial charge in [0, 0.05) is 12.2 Å². The van der Waals surface area contributed by atoms with E-state index in [0.717, 1.165) is 16.6 Å². The predicted octanol–water partition coefficient (Wildman–Crippen LogP) is 3.97. The maximum absolute atomic E-state index is 12.8. The molecule has 2 N–H and O–H groups in total. The first kappa shape index (κ1) is 15.6. The molecule has 0 aromatic carbocycles.